The number of benzene rings is 1. The molecule has 0 radical (unpaired) electrons. The Morgan fingerprint density at radius 3 is 2.53 bits per heavy atom. The number of anilines is 1. The highest BCUT2D eigenvalue weighted by Crippen LogP contribution is 2.23. The number of ether oxygens (including phenoxy) is 1. The van der Waals surface area contributed by atoms with Gasteiger partial charge in [-0.1, -0.05) is 12.1 Å². The lowest BCUT2D eigenvalue weighted by Gasteiger charge is -2.21. The molecule has 0 aliphatic rings. The van der Waals surface area contributed by atoms with Crippen molar-refractivity contribution in [1.82, 2.24) is 0 Å². The number of carbonyl (C=O) groups is 2. The van der Waals surface area contributed by atoms with E-state index in [9.17, 15) is 14.7 Å². The third kappa shape index (κ3) is 4.26. The molecular weight excluding hydrogens is 248 g/mol. The van der Waals surface area contributed by atoms with Crippen LogP contribution in [0.1, 0.15) is 6.42 Å². The topological polar surface area (TPSA) is 82.9 Å². The number of likely N-dealkylation sites (N-methyl/N-ethyl adjacent to an activating group) is 1. The second-order valence-electron chi connectivity index (χ2n) is 4.40. The van der Waals surface area contributed by atoms with Gasteiger partial charge in [-0.3, -0.25) is 4.79 Å². The Kier molecular flexibility index (Phi) is 5.32. The summed E-state index contributed by atoms with van der Waals surface area (Å²) in [7, 11) is 4.83. The van der Waals surface area contributed by atoms with Crippen molar-refractivity contribution in [3.8, 4) is 5.75 Å². The summed E-state index contributed by atoms with van der Waals surface area (Å²) in [6.07, 6.45) is -0.150. The fourth-order valence-corrected chi connectivity index (χ4v) is 1.66. The number of methoxy groups -OCH3 is 1. The van der Waals surface area contributed by atoms with Crippen LogP contribution < -0.4 is 20.1 Å². The van der Waals surface area contributed by atoms with Gasteiger partial charge in [0.25, 0.3) is 0 Å². The third-order valence-corrected chi connectivity index (χ3v) is 2.75. The second-order valence-corrected chi connectivity index (χ2v) is 4.40. The quantitative estimate of drug-likeness (QED) is 0.642. The maximum absolute atomic E-state index is 11.8. The predicted molar refractivity (Wildman–Crippen MR) is 67.8 cm³/mol. The standard InChI is InChI=1S/C13H18N2O4/c1-15(2)10(13(17)18)8-12(16)14-9-6-4-5-7-11(9)19-3/h4-7,10H,8H2,1-3H3,(H,14,16)(H,17,18). The molecule has 0 heterocycles. The van der Waals surface area contributed by atoms with Gasteiger partial charge in [0.15, 0.2) is 0 Å². The van der Waals surface area contributed by atoms with Crippen molar-refractivity contribution in [2.45, 2.75) is 12.5 Å². The van der Waals surface area contributed by atoms with Crippen LogP contribution in [0.25, 0.3) is 0 Å². The smallest absolute Gasteiger partial charge is 0.230 e. The monoisotopic (exact) mass is 266 g/mol. The molecule has 19 heavy (non-hydrogen) atoms. The van der Waals surface area contributed by atoms with Crippen molar-refractivity contribution < 1.29 is 24.3 Å². The number of nitrogens with one attached hydrogen (secondary N) is 2. The highest BCUT2D eigenvalue weighted by molar-refractivity contribution is 5.94. The molecule has 6 heteroatoms. The summed E-state index contributed by atoms with van der Waals surface area (Å²) in [6, 6.07) is 6.05. The zero-order chi connectivity index (χ0) is 14.4. The van der Waals surface area contributed by atoms with E-state index < -0.39 is 12.0 Å². The van der Waals surface area contributed by atoms with Crippen molar-refractivity contribution in [2.75, 3.05) is 26.5 Å². The number of carboxylic acids is 1. The van der Waals surface area contributed by atoms with Gasteiger partial charge >= 0.3 is 0 Å². The minimum absolute atomic E-state index is 0.150. The van der Waals surface area contributed by atoms with Crippen LogP contribution in [0, 0.1) is 0 Å². The maximum Gasteiger partial charge on any atom is 0.230 e. The van der Waals surface area contributed by atoms with Gasteiger partial charge in [-0.2, -0.15) is 0 Å². The van der Waals surface area contributed by atoms with Gasteiger partial charge in [-0.25, -0.2) is 0 Å². The summed E-state index contributed by atoms with van der Waals surface area (Å²) < 4.78 is 5.10. The molecule has 104 valence electrons. The van der Waals surface area contributed by atoms with E-state index >= 15 is 0 Å². The second kappa shape index (κ2) is 6.75. The van der Waals surface area contributed by atoms with Crippen LogP contribution in [0.4, 0.5) is 5.69 Å². The first-order valence-corrected chi connectivity index (χ1v) is 5.89. The lowest BCUT2D eigenvalue weighted by Crippen LogP contribution is -3.12. The van der Waals surface area contributed by atoms with E-state index in [0.29, 0.717) is 16.3 Å². The number of hydrogen-bond acceptors (Lipinski definition) is 4. The fraction of sp³-hybridized carbons (Fsp3) is 0.385. The molecule has 1 atom stereocenters. The molecule has 0 saturated carbocycles. The number of para-hydroxylation sites is 2. The van der Waals surface area contributed by atoms with E-state index in [2.05, 4.69) is 5.32 Å². The molecule has 2 N–H and O–H groups in total. The van der Waals surface area contributed by atoms with Crippen LogP contribution in [0.5, 0.6) is 5.75 Å². The molecular formula is C13H18N2O4. The summed E-state index contributed by atoms with van der Waals surface area (Å²) in [6.45, 7) is 0. The normalized spacial score (nSPS) is 12.0. The first-order valence-electron chi connectivity index (χ1n) is 5.89. The fourth-order valence-electron chi connectivity index (χ4n) is 1.66. The lowest BCUT2D eigenvalue weighted by atomic mass is 10.1. The van der Waals surface area contributed by atoms with E-state index in [1.54, 1.807) is 38.4 Å². The highest BCUT2D eigenvalue weighted by Gasteiger charge is 2.21. The van der Waals surface area contributed by atoms with Gasteiger partial charge in [-0.15, -0.1) is 0 Å². The molecule has 0 aromatic heterocycles. The first kappa shape index (κ1) is 15.0. The predicted octanol–water partition coefficient (Wildman–Crippen LogP) is -1.71. The Hall–Kier alpha value is -2.08. The van der Waals surface area contributed by atoms with E-state index in [0.717, 1.165) is 0 Å². The van der Waals surface area contributed by atoms with E-state index in [1.807, 2.05) is 0 Å². The zero-order valence-electron chi connectivity index (χ0n) is 11.2. The van der Waals surface area contributed by atoms with Crippen molar-refractivity contribution >= 4 is 17.6 Å². The number of quaternary nitrogens is 1. The summed E-state index contributed by atoms with van der Waals surface area (Å²) in [5.41, 5.74) is 0.515. The third-order valence-electron chi connectivity index (χ3n) is 2.75. The summed E-state index contributed by atoms with van der Waals surface area (Å²) in [5, 5.41) is 13.5. The van der Waals surface area contributed by atoms with Gasteiger partial charge in [0.1, 0.15) is 11.8 Å². The highest BCUT2D eigenvalue weighted by atomic mass is 16.5. The van der Waals surface area contributed by atoms with Crippen LogP contribution in [0.2, 0.25) is 0 Å². The van der Waals surface area contributed by atoms with Gasteiger partial charge in [0, 0.05) is 0 Å². The Balaban J connectivity index is 2.72. The molecule has 1 aromatic rings. The Morgan fingerprint density at radius 2 is 2.00 bits per heavy atom. The van der Waals surface area contributed by atoms with Crippen LogP contribution >= 0.6 is 0 Å². The van der Waals surface area contributed by atoms with E-state index in [1.165, 1.54) is 7.11 Å². The molecule has 0 aliphatic carbocycles. The molecule has 0 bridgehead atoms. The van der Waals surface area contributed by atoms with Crippen LogP contribution in [-0.2, 0) is 9.59 Å². The summed E-state index contributed by atoms with van der Waals surface area (Å²) in [5.74, 6) is -1.10. The van der Waals surface area contributed by atoms with Crippen molar-refractivity contribution in [3.63, 3.8) is 0 Å². The minimum atomic E-state index is -1.24. The largest absolute Gasteiger partial charge is 0.544 e. The number of carboxylic acid groups (broad SMARTS) is 1. The summed E-state index contributed by atoms with van der Waals surface area (Å²) in [4.78, 5) is 23.4. The van der Waals surface area contributed by atoms with Gasteiger partial charge in [-0.05, 0) is 12.1 Å². The first-order chi connectivity index (χ1) is 8.95. The number of carbonyl (C=O) groups excluding carboxylic acids is 2. The number of hydrogen-bond donors (Lipinski definition) is 2. The van der Waals surface area contributed by atoms with Gasteiger partial charge < -0.3 is 24.9 Å². The van der Waals surface area contributed by atoms with Crippen molar-refractivity contribution in [2.24, 2.45) is 0 Å². The van der Waals surface area contributed by atoms with Crippen LogP contribution in [0.3, 0.4) is 0 Å². The van der Waals surface area contributed by atoms with Gasteiger partial charge in [0.2, 0.25) is 5.91 Å². The number of amides is 1. The van der Waals surface area contributed by atoms with Crippen LogP contribution in [0.15, 0.2) is 24.3 Å². The number of rotatable bonds is 6. The van der Waals surface area contributed by atoms with E-state index in [4.69, 9.17) is 4.74 Å². The minimum Gasteiger partial charge on any atom is -0.544 e. The average Bonchev–Trinajstić information content (AvgIpc) is 2.36. The van der Waals surface area contributed by atoms with Crippen molar-refractivity contribution in [1.29, 1.82) is 0 Å². The molecule has 1 unspecified atom stereocenters. The number of aliphatic carboxylic acids is 1. The molecule has 1 rings (SSSR count). The molecule has 0 aliphatic heterocycles. The molecule has 1 aromatic carbocycles. The lowest BCUT2D eigenvalue weighted by molar-refractivity contribution is -0.878. The van der Waals surface area contributed by atoms with Crippen molar-refractivity contribution in [3.05, 3.63) is 24.3 Å². The zero-order valence-corrected chi connectivity index (χ0v) is 11.2. The Morgan fingerprint density at radius 1 is 1.37 bits per heavy atom. The Bertz CT molecular complexity index is 460. The molecule has 0 spiro atoms. The van der Waals surface area contributed by atoms with E-state index in [-0.39, 0.29) is 12.3 Å². The molecule has 0 saturated heterocycles. The summed E-state index contributed by atoms with van der Waals surface area (Å²) >= 11 is 0. The molecule has 6 nitrogen and oxygen atoms in total. The Labute approximate surface area is 112 Å². The SMILES string of the molecule is COc1ccccc1NC(=O)CC(C(=O)[O-])[NH+](C)C. The molecule has 0 fully saturated rings. The van der Waals surface area contributed by atoms with Gasteiger partial charge in [0.05, 0.1) is 39.3 Å². The maximum atomic E-state index is 11.8. The average molecular weight is 266 g/mol. The molecule has 1 amide bonds. The van der Waals surface area contributed by atoms with Crippen LogP contribution in [-0.4, -0.2) is 39.1 Å².